The van der Waals surface area contributed by atoms with Crippen molar-refractivity contribution in [2.24, 2.45) is 0 Å². The normalized spacial score (nSPS) is 14.3. The first kappa shape index (κ1) is 65.3. The quantitative estimate of drug-likeness (QED) is 0.0430. The lowest BCUT2D eigenvalue weighted by Gasteiger charge is -2.34. The van der Waals surface area contributed by atoms with Gasteiger partial charge in [-0.25, -0.2) is 43.5 Å². The Labute approximate surface area is 520 Å². The molecule has 2 fully saturated rings. The number of carbonyl (C=O) groups is 4. The molecule has 0 saturated carbocycles. The van der Waals surface area contributed by atoms with Crippen molar-refractivity contribution in [1.29, 1.82) is 5.26 Å². The summed E-state index contributed by atoms with van der Waals surface area (Å²) in [6.45, 7) is 10.6. The number of nitriles is 1. The van der Waals surface area contributed by atoms with Gasteiger partial charge >= 0.3 is 5.97 Å². The van der Waals surface area contributed by atoms with E-state index in [0.717, 1.165) is 5.69 Å². The van der Waals surface area contributed by atoms with Crippen LogP contribution in [-0.2, 0) is 39.9 Å². The van der Waals surface area contributed by atoms with Gasteiger partial charge in [0.15, 0.2) is 17.0 Å². The van der Waals surface area contributed by atoms with Crippen LogP contribution in [-0.4, -0.2) is 208 Å². The van der Waals surface area contributed by atoms with E-state index in [9.17, 15) is 38.7 Å². The van der Waals surface area contributed by atoms with Gasteiger partial charge in [0.05, 0.1) is 104 Å². The van der Waals surface area contributed by atoms with Gasteiger partial charge < -0.3 is 60.0 Å². The number of aliphatic carboxylic acids is 1. The number of nitrogens with zero attached hydrogens (tertiary/aromatic N) is 13. The number of nitrogens with one attached hydrogen (secondary N) is 3. The average molecular weight is 1260 g/mol. The number of amides is 3. The number of carbonyl (C=O) groups excluding carboxylic acids is 3. The number of aromatic amines is 1. The first-order valence-electron chi connectivity index (χ1n) is 29.1. The molecule has 7 aromatic rings. The summed E-state index contributed by atoms with van der Waals surface area (Å²) >= 11 is 6.71. The Morgan fingerprint density at radius 2 is 1.47 bits per heavy atom. The number of aromatic nitrogens is 8. The largest absolute Gasteiger partial charge is 0.480 e. The predicted molar refractivity (Wildman–Crippen MR) is 328 cm³/mol. The van der Waals surface area contributed by atoms with E-state index in [2.05, 4.69) is 55.4 Å². The van der Waals surface area contributed by atoms with Crippen LogP contribution in [0.5, 0.6) is 0 Å². The number of nitrogens with two attached hydrogens (primary N) is 1. The van der Waals surface area contributed by atoms with Gasteiger partial charge in [0.1, 0.15) is 29.7 Å². The van der Waals surface area contributed by atoms with Crippen LogP contribution in [0.1, 0.15) is 58.7 Å². The number of aryl methyl sites for hydroxylation is 1. The van der Waals surface area contributed by atoms with E-state index in [1.54, 1.807) is 55.0 Å². The number of hydrogen-bond acceptors (Lipinski definition) is 22. The van der Waals surface area contributed by atoms with Crippen LogP contribution in [0.15, 0.2) is 71.9 Å². The maximum absolute atomic E-state index is 15.6. The molecule has 9 rings (SSSR count). The topological polar surface area (TPSA) is 339 Å². The molecule has 2 atom stereocenters. The predicted octanol–water partition coefficient (Wildman–Crippen LogP) is 4.14. The number of carboxylic acid groups (broad SMARTS) is 1. The van der Waals surface area contributed by atoms with Crippen molar-refractivity contribution >= 4 is 80.8 Å². The number of H-pyrrole nitrogens is 1. The molecule has 5 aromatic heterocycles. The Kier molecular flexibility index (Phi) is 22.4. The molecule has 2 aliphatic rings. The molecule has 2 saturated heterocycles. The van der Waals surface area contributed by atoms with Crippen molar-refractivity contribution in [1.82, 2.24) is 59.9 Å². The second-order valence-electron chi connectivity index (χ2n) is 21.3. The van der Waals surface area contributed by atoms with E-state index in [-0.39, 0.29) is 101 Å². The summed E-state index contributed by atoms with van der Waals surface area (Å²) in [5.74, 6) is -3.02. The number of rotatable bonds is 28. The summed E-state index contributed by atoms with van der Waals surface area (Å²) in [5, 5.41) is 25.2. The fourth-order valence-electron chi connectivity index (χ4n) is 10.1. The van der Waals surface area contributed by atoms with E-state index in [1.165, 1.54) is 42.9 Å². The van der Waals surface area contributed by atoms with Gasteiger partial charge in [0.2, 0.25) is 23.7 Å². The molecule has 30 heteroatoms. The molecule has 0 bridgehead atoms. The molecule has 474 valence electrons. The number of piperazine rings is 2. The molecule has 2 aromatic carbocycles. The maximum Gasteiger partial charge on any atom is 0.326 e. The highest BCUT2D eigenvalue weighted by atomic mass is 35.5. The summed E-state index contributed by atoms with van der Waals surface area (Å²) < 4.78 is 53.0. The lowest BCUT2D eigenvalue weighted by atomic mass is 10.0. The summed E-state index contributed by atoms with van der Waals surface area (Å²) in [6.07, 6.45) is 4.31. The minimum atomic E-state index is -1.27. The van der Waals surface area contributed by atoms with Crippen LogP contribution in [0.4, 0.5) is 32.1 Å². The van der Waals surface area contributed by atoms with Crippen LogP contribution in [0.3, 0.4) is 0 Å². The Hall–Kier alpha value is -9.18. The van der Waals surface area contributed by atoms with E-state index in [1.807, 2.05) is 15.9 Å². The van der Waals surface area contributed by atoms with Crippen LogP contribution in [0.25, 0.3) is 33.5 Å². The smallest absolute Gasteiger partial charge is 0.326 e. The first-order valence-corrected chi connectivity index (χ1v) is 29.5. The number of pyridine rings is 2. The Balaban J connectivity index is 0.586. The molecule has 3 amide bonds. The fraction of sp³-hybridized carbons (Fsp3) is 0.417. The molecule has 90 heavy (non-hydrogen) atoms. The molecular formula is C60H68ClF2N17O10. The second-order valence-corrected chi connectivity index (χ2v) is 21.7. The van der Waals surface area contributed by atoms with Gasteiger partial charge in [-0.05, 0) is 62.7 Å². The van der Waals surface area contributed by atoms with Crippen LogP contribution < -0.4 is 31.7 Å². The van der Waals surface area contributed by atoms with E-state index in [0.29, 0.717) is 126 Å². The van der Waals surface area contributed by atoms with Crippen molar-refractivity contribution in [3.05, 3.63) is 122 Å². The third-order valence-electron chi connectivity index (χ3n) is 15.1. The molecule has 6 N–H and O–H groups in total. The van der Waals surface area contributed by atoms with Crippen molar-refractivity contribution < 1.29 is 52.0 Å². The minimum Gasteiger partial charge on any atom is -0.480 e. The molecule has 2 aliphatic heterocycles. The van der Waals surface area contributed by atoms with Gasteiger partial charge in [0.25, 0.3) is 11.5 Å². The number of ether oxygens (including phenoxy) is 4. The van der Waals surface area contributed by atoms with Gasteiger partial charge in [-0.15, -0.1) is 0 Å². The van der Waals surface area contributed by atoms with Crippen molar-refractivity contribution in [2.45, 2.75) is 45.3 Å². The Morgan fingerprint density at radius 1 is 0.811 bits per heavy atom. The first-order chi connectivity index (χ1) is 43.4. The lowest BCUT2D eigenvalue weighted by Crippen LogP contribution is -2.50. The molecular weight excluding hydrogens is 1190 g/mol. The highest BCUT2D eigenvalue weighted by Crippen LogP contribution is 2.37. The summed E-state index contributed by atoms with van der Waals surface area (Å²) in [7, 11) is 1.80. The monoisotopic (exact) mass is 1260 g/mol. The zero-order valence-corrected chi connectivity index (χ0v) is 50.6. The van der Waals surface area contributed by atoms with Gasteiger partial charge in [-0.3, -0.25) is 29.1 Å². The Bertz CT molecular complexity index is 3790. The van der Waals surface area contributed by atoms with Crippen LogP contribution in [0.2, 0.25) is 5.02 Å². The molecule has 0 aliphatic carbocycles. The van der Waals surface area contributed by atoms with Crippen molar-refractivity contribution in [3.8, 4) is 17.3 Å². The third kappa shape index (κ3) is 16.9. The zero-order valence-electron chi connectivity index (χ0n) is 49.8. The van der Waals surface area contributed by atoms with Crippen molar-refractivity contribution in [2.75, 3.05) is 140 Å². The highest BCUT2D eigenvalue weighted by Gasteiger charge is 2.28. The van der Waals surface area contributed by atoms with Crippen molar-refractivity contribution in [3.63, 3.8) is 0 Å². The van der Waals surface area contributed by atoms with Crippen LogP contribution in [0, 0.1) is 29.9 Å². The molecule has 27 nitrogen and oxygen atoms in total. The van der Waals surface area contributed by atoms with E-state index >= 15 is 4.39 Å². The number of fused-ring (bicyclic) bond motifs is 2. The highest BCUT2D eigenvalue weighted by molar-refractivity contribution is 6.35. The number of halogens is 3. The lowest BCUT2D eigenvalue weighted by molar-refractivity contribution is -0.140. The number of anilines is 4. The van der Waals surface area contributed by atoms with Gasteiger partial charge in [-0.2, -0.15) is 10.2 Å². The third-order valence-corrected chi connectivity index (χ3v) is 15.6. The van der Waals surface area contributed by atoms with Gasteiger partial charge in [0, 0.05) is 113 Å². The molecule has 0 radical (unpaired) electrons. The standard InChI is InChI=1S/C60H68ClF2N17O10/c1-36(43-28-38(30-64)4-9-44(43)62)70-53-50(61)37(2)69-47-29-45(63)51(73-52(47)53)40-31-67-60(68-32-40)80-18-16-79(17-19-80)49(82)35-90-27-26-89-25-24-88-23-22-87-21-20-77-12-14-78(15-13-77)48(81)11-10-46(58(85)86)72-56(83)39-5-7-42(8-6-39)76(3)34-41-33-66-55-54(71-41)57(84)75-59(65)74-55/h4-9,28-29,31-33,36,46H,10-27,34-35H2,1-3H3,(H,69,70)(H,72,83)(H,85,86)(H3,65,66,74,75,84)/t36-,46+/m1/s1. The number of benzene rings is 2. The second kappa shape index (κ2) is 30.8. The maximum atomic E-state index is 15.6. The Morgan fingerprint density at radius 3 is 2.14 bits per heavy atom. The van der Waals surface area contributed by atoms with Crippen LogP contribution >= 0.6 is 11.6 Å². The molecule has 0 spiro atoms. The zero-order chi connectivity index (χ0) is 63.8. The number of carboxylic acids is 1. The van der Waals surface area contributed by atoms with E-state index < -0.39 is 41.2 Å². The molecule has 7 heterocycles. The van der Waals surface area contributed by atoms with E-state index in [4.69, 9.17) is 36.3 Å². The SMILES string of the molecule is Cc1nc2cc(F)c(-c3cnc(N4CCN(C(=O)COCCOCCOCCOCCN5CCN(C(=O)CC[C@H](NC(=O)c6ccc(N(C)Cc7cnc8nc(N)[nH]c(=O)c8n7)cc6)C(=O)O)CC5)CC4)nc3)nc2c(N[C@H](C)c2cc(C#N)ccc2F)c1Cl. The summed E-state index contributed by atoms with van der Waals surface area (Å²) in [6, 6.07) is 11.9. The number of hydrogen-bond donors (Lipinski definition) is 5. The summed E-state index contributed by atoms with van der Waals surface area (Å²) in [4.78, 5) is 106. The van der Waals surface area contributed by atoms with Gasteiger partial charge in [-0.1, -0.05) is 11.6 Å². The summed E-state index contributed by atoms with van der Waals surface area (Å²) in [5.41, 5.74) is 8.73. The minimum absolute atomic E-state index is 0.0403. The number of nitrogen functional groups attached to an aromatic ring is 1. The fourth-order valence-corrected chi connectivity index (χ4v) is 10.3. The molecule has 0 unspecified atom stereocenters. The average Bonchev–Trinajstić information content (AvgIpc) is 0.810.